The van der Waals surface area contributed by atoms with E-state index in [-0.39, 0.29) is 5.57 Å². The second-order valence-electron chi connectivity index (χ2n) is 2.29. The summed E-state index contributed by atoms with van der Waals surface area (Å²) in [6.45, 7) is 10.2. The Morgan fingerprint density at radius 2 is 1.64 bits per heavy atom. The fourth-order valence-corrected chi connectivity index (χ4v) is 0.723. The van der Waals surface area contributed by atoms with E-state index in [4.69, 9.17) is 0 Å². The third-order valence-corrected chi connectivity index (χ3v) is 1.45. The molecule has 0 rings (SSSR count). The zero-order chi connectivity index (χ0) is 11.8. The molecule has 0 saturated carbocycles. The molecule has 0 radical (unpaired) electrons. The van der Waals surface area contributed by atoms with Crippen molar-refractivity contribution < 1.29 is 13.2 Å². The summed E-state index contributed by atoms with van der Waals surface area (Å²) < 4.78 is 36.6. The Morgan fingerprint density at radius 1 is 1.21 bits per heavy atom. The van der Waals surface area contributed by atoms with Crippen LogP contribution in [-0.4, -0.2) is 6.18 Å². The van der Waals surface area contributed by atoms with E-state index in [1.54, 1.807) is 6.92 Å². The molecule has 0 unspecified atom stereocenters. The molecule has 0 amide bonds. The minimum absolute atomic E-state index is 0.211. The molecule has 0 aromatic heterocycles. The highest BCUT2D eigenvalue weighted by Crippen LogP contribution is 2.30. The molecular formula is C11H17F3. The van der Waals surface area contributed by atoms with Gasteiger partial charge in [0.2, 0.25) is 0 Å². The van der Waals surface area contributed by atoms with Gasteiger partial charge >= 0.3 is 6.18 Å². The van der Waals surface area contributed by atoms with Crippen molar-refractivity contribution in [2.24, 2.45) is 0 Å². The molecule has 0 atom stereocenters. The van der Waals surface area contributed by atoms with E-state index in [1.165, 1.54) is 13.0 Å². The average Bonchev–Trinajstić information content (AvgIpc) is 2.14. The van der Waals surface area contributed by atoms with Crippen LogP contribution in [0.25, 0.3) is 0 Å². The maximum Gasteiger partial charge on any atom is 0.416 e. The fourth-order valence-electron chi connectivity index (χ4n) is 0.723. The van der Waals surface area contributed by atoms with E-state index >= 15 is 0 Å². The molecule has 0 aliphatic rings. The number of allylic oxidation sites excluding steroid dienone is 5. The van der Waals surface area contributed by atoms with Gasteiger partial charge in [-0.05, 0) is 19.4 Å². The molecule has 0 aromatic rings. The van der Waals surface area contributed by atoms with E-state index in [9.17, 15) is 13.2 Å². The zero-order valence-electron chi connectivity index (χ0n) is 9.07. The predicted octanol–water partition coefficient (Wildman–Crippen LogP) is 4.65. The molecule has 0 spiro atoms. The number of halogens is 3. The lowest BCUT2D eigenvalue weighted by Gasteiger charge is -2.10. The third kappa shape index (κ3) is 5.62. The van der Waals surface area contributed by atoms with Crippen molar-refractivity contribution in [2.45, 2.75) is 33.9 Å². The van der Waals surface area contributed by atoms with Crippen molar-refractivity contribution >= 4 is 0 Å². The highest BCUT2D eigenvalue weighted by molar-refractivity contribution is 5.35. The Hall–Kier alpha value is -0.990. The first kappa shape index (κ1) is 15.5. The van der Waals surface area contributed by atoms with Crippen molar-refractivity contribution in [1.82, 2.24) is 0 Å². The minimum atomic E-state index is -4.29. The second kappa shape index (κ2) is 7.42. The van der Waals surface area contributed by atoms with Gasteiger partial charge in [0, 0.05) is 0 Å². The summed E-state index contributed by atoms with van der Waals surface area (Å²) in [6, 6.07) is 0. The summed E-state index contributed by atoms with van der Waals surface area (Å²) in [5, 5.41) is 0. The predicted molar refractivity (Wildman–Crippen MR) is 55.1 cm³/mol. The Labute approximate surface area is 83.8 Å². The van der Waals surface area contributed by atoms with Gasteiger partial charge in [-0.1, -0.05) is 38.7 Å². The molecule has 0 N–H and O–H groups in total. The maximum absolute atomic E-state index is 12.2. The summed E-state index contributed by atoms with van der Waals surface area (Å²) in [5.74, 6) is 0. The molecule has 0 fully saturated rings. The lowest BCUT2D eigenvalue weighted by atomic mass is 10.1. The van der Waals surface area contributed by atoms with Crippen LogP contribution in [0.1, 0.15) is 27.7 Å². The van der Waals surface area contributed by atoms with Gasteiger partial charge in [-0.25, -0.2) is 0 Å². The van der Waals surface area contributed by atoms with Gasteiger partial charge in [0.15, 0.2) is 0 Å². The van der Waals surface area contributed by atoms with Crippen molar-refractivity contribution in [3.8, 4) is 0 Å². The Balaban J connectivity index is 0. The molecule has 0 aromatic carbocycles. The molecule has 0 saturated heterocycles. The second-order valence-corrected chi connectivity index (χ2v) is 2.29. The van der Waals surface area contributed by atoms with Crippen molar-refractivity contribution in [1.29, 1.82) is 0 Å². The molecule has 3 heteroatoms. The van der Waals surface area contributed by atoms with Gasteiger partial charge in [-0.15, -0.1) is 0 Å². The van der Waals surface area contributed by atoms with E-state index in [1.807, 2.05) is 13.8 Å². The first-order valence-corrected chi connectivity index (χ1v) is 4.46. The first-order valence-electron chi connectivity index (χ1n) is 4.46. The van der Waals surface area contributed by atoms with Crippen LogP contribution < -0.4 is 0 Å². The van der Waals surface area contributed by atoms with Gasteiger partial charge in [0.25, 0.3) is 0 Å². The summed E-state index contributed by atoms with van der Waals surface area (Å²) in [7, 11) is 0. The number of hydrogen-bond donors (Lipinski definition) is 0. The molecule has 0 heterocycles. The van der Waals surface area contributed by atoms with Gasteiger partial charge in [-0.2, -0.15) is 13.2 Å². The average molecular weight is 206 g/mol. The fraction of sp³-hybridized carbons (Fsp3) is 0.455. The molecule has 0 aliphatic heterocycles. The normalized spacial score (nSPS) is 13.1. The molecule has 82 valence electrons. The van der Waals surface area contributed by atoms with Crippen LogP contribution >= 0.6 is 0 Å². The number of alkyl halides is 3. The lowest BCUT2D eigenvalue weighted by Crippen LogP contribution is -2.12. The highest BCUT2D eigenvalue weighted by Gasteiger charge is 2.33. The Bertz CT molecular complexity index is 219. The summed E-state index contributed by atoms with van der Waals surface area (Å²) >= 11 is 0. The van der Waals surface area contributed by atoms with Gasteiger partial charge in [-0.3, -0.25) is 0 Å². The van der Waals surface area contributed by atoms with Crippen LogP contribution in [0.5, 0.6) is 0 Å². The van der Waals surface area contributed by atoms with Crippen molar-refractivity contribution in [3.63, 3.8) is 0 Å². The van der Waals surface area contributed by atoms with Crippen LogP contribution in [0.3, 0.4) is 0 Å². The molecule has 0 bridgehead atoms. The monoisotopic (exact) mass is 206 g/mol. The van der Waals surface area contributed by atoms with Gasteiger partial charge < -0.3 is 0 Å². The molecule has 0 aliphatic carbocycles. The quantitative estimate of drug-likeness (QED) is 0.577. The number of hydrogen-bond acceptors (Lipinski definition) is 0. The Kier molecular flexibility index (Phi) is 8.20. The Morgan fingerprint density at radius 3 is 1.86 bits per heavy atom. The van der Waals surface area contributed by atoms with Crippen LogP contribution in [0, 0.1) is 0 Å². The maximum atomic E-state index is 12.2. The highest BCUT2D eigenvalue weighted by atomic mass is 19.4. The zero-order valence-corrected chi connectivity index (χ0v) is 9.07. The topological polar surface area (TPSA) is 0 Å². The van der Waals surface area contributed by atoms with Crippen LogP contribution in [-0.2, 0) is 0 Å². The van der Waals surface area contributed by atoms with Crippen LogP contribution in [0.15, 0.2) is 36.0 Å². The van der Waals surface area contributed by atoms with Crippen molar-refractivity contribution in [3.05, 3.63) is 36.0 Å². The molecular weight excluding hydrogens is 189 g/mol. The first-order chi connectivity index (χ1) is 6.43. The standard InChI is InChI=1S/C9H11F3.C2H6/c1-4-6-8(7(3)5-2)9(10,11)12;1-2/h4-6H,1H2,2-3H3;1-2H3/b7-5-,8-6+;. The van der Waals surface area contributed by atoms with Gasteiger partial charge in [0.05, 0.1) is 5.57 Å². The van der Waals surface area contributed by atoms with E-state index in [0.29, 0.717) is 0 Å². The summed E-state index contributed by atoms with van der Waals surface area (Å²) in [4.78, 5) is 0. The lowest BCUT2D eigenvalue weighted by molar-refractivity contribution is -0.0893. The largest absolute Gasteiger partial charge is 0.416 e. The summed E-state index contributed by atoms with van der Waals surface area (Å²) in [5.41, 5.74) is -0.428. The van der Waals surface area contributed by atoms with E-state index < -0.39 is 11.7 Å². The van der Waals surface area contributed by atoms with E-state index in [2.05, 4.69) is 6.58 Å². The smallest absolute Gasteiger partial charge is 0.166 e. The van der Waals surface area contributed by atoms with Crippen LogP contribution in [0.4, 0.5) is 13.2 Å². The molecule has 0 nitrogen and oxygen atoms in total. The van der Waals surface area contributed by atoms with E-state index in [0.717, 1.165) is 12.2 Å². The van der Waals surface area contributed by atoms with Gasteiger partial charge in [0.1, 0.15) is 0 Å². The minimum Gasteiger partial charge on any atom is -0.166 e. The summed E-state index contributed by atoms with van der Waals surface area (Å²) in [6.07, 6.45) is -0.765. The number of rotatable bonds is 2. The van der Waals surface area contributed by atoms with Crippen LogP contribution in [0.2, 0.25) is 0 Å². The third-order valence-electron chi connectivity index (χ3n) is 1.45. The molecule has 14 heavy (non-hydrogen) atoms. The SMILES string of the molecule is C=C/C=C(\C(C)=C/C)C(F)(F)F.CC. The van der Waals surface area contributed by atoms with Crippen molar-refractivity contribution in [2.75, 3.05) is 0 Å².